The molecule has 3 aromatic rings. The average Bonchev–Trinajstić information content (AvgIpc) is 2.83. The van der Waals surface area contributed by atoms with E-state index in [0.29, 0.717) is 15.8 Å². The molecule has 0 saturated carbocycles. The van der Waals surface area contributed by atoms with Crippen molar-refractivity contribution >= 4 is 46.5 Å². The topological polar surface area (TPSA) is 77.2 Å². The van der Waals surface area contributed by atoms with Gasteiger partial charge in [0.25, 0.3) is 5.69 Å². The Balaban J connectivity index is 1.40. The van der Waals surface area contributed by atoms with Crippen LogP contribution in [0.25, 0.3) is 0 Å². The Labute approximate surface area is 201 Å². The van der Waals surface area contributed by atoms with Gasteiger partial charge in [0.05, 0.1) is 33.9 Å². The fourth-order valence-corrected chi connectivity index (χ4v) is 3.99. The van der Waals surface area contributed by atoms with Gasteiger partial charge in [0, 0.05) is 37.1 Å². The van der Waals surface area contributed by atoms with E-state index < -0.39 is 4.92 Å². The Kier molecular flexibility index (Phi) is 7.44. The Hall–Kier alpha value is -3.13. The zero-order valence-electron chi connectivity index (χ0n) is 17.6. The minimum absolute atomic E-state index is 0.0224. The quantitative estimate of drug-likeness (QED) is 0.230. The molecule has 9 heteroatoms. The van der Waals surface area contributed by atoms with Crippen LogP contribution in [0.15, 0.2) is 65.7 Å². The number of aliphatic imine (C=N–C) groups is 1. The normalized spacial score (nSPS) is 13.9. The van der Waals surface area contributed by atoms with Crippen LogP contribution < -0.4 is 9.64 Å². The molecule has 4 rings (SSSR count). The van der Waals surface area contributed by atoms with Crippen molar-refractivity contribution in [1.82, 2.24) is 0 Å². The SMILES string of the molecule is O=[N+]([O-])c1ccc(COc2c(Cl)cc(C=Nc3ccc(N4CCOCC4)cc3)cc2Cl)cc1. The third-order valence-corrected chi connectivity index (χ3v) is 5.70. The van der Waals surface area contributed by atoms with E-state index in [1.807, 2.05) is 24.3 Å². The van der Waals surface area contributed by atoms with E-state index in [0.717, 1.165) is 48.8 Å². The molecular weight excluding hydrogens is 465 g/mol. The molecule has 7 nitrogen and oxygen atoms in total. The molecule has 1 aliphatic heterocycles. The zero-order chi connectivity index (χ0) is 23.2. The number of rotatable bonds is 7. The summed E-state index contributed by atoms with van der Waals surface area (Å²) in [6.07, 6.45) is 1.70. The number of hydrogen-bond acceptors (Lipinski definition) is 6. The molecule has 0 aromatic heterocycles. The van der Waals surface area contributed by atoms with Gasteiger partial charge in [0.1, 0.15) is 6.61 Å². The van der Waals surface area contributed by atoms with Gasteiger partial charge in [-0.2, -0.15) is 0 Å². The summed E-state index contributed by atoms with van der Waals surface area (Å²) < 4.78 is 11.1. The van der Waals surface area contributed by atoms with Gasteiger partial charge >= 0.3 is 0 Å². The average molecular weight is 486 g/mol. The molecule has 0 aliphatic carbocycles. The molecule has 0 spiro atoms. The summed E-state index contributed by atoms with van der Waals surface area (Å²) in [5.74, 6) is 0.351. The smallest absolute Gasteiger partial charge is 0.269 e. The zero-order valence-corrected chi connectivity index (χ0v) is 19.1. The lowest BCUT2D eigenvalue weighted by atomic mass is 10.2. The minimum atomic E-state index is -0.447. The summed E-state index contributed by atoms with van der Waals surface area (Å²) in [6, 6.07) is 17.6. The predicted molar refractivity (Wildman–Crippen MR) is 131 cm³/mol. The highest BCUT2D eigenvalue weighted by molar-refractivity contribution is 6.37. The van der Waals surface area contributed by atoms with Crippen LogP contribution in [0.3, 0.4) is 0 Å². The van der Waals surface area contributed by atoms with Crippen LogP contribution in [0.2, 0.25) is 10.0 Å². The monoisotopic (exact) mass is 485 g/mol. The Morgan fingerprint density at radius 2 is 1.67 bits per heavy atom. The molecule has 0 bridgehead atoms. The van der Waals surface area contributed by atoms with Crippen molar-refractivity contribution in [3.8, 4) is 5.75 Å². The highest BCUT2D eigenvalue weighted by Gasteiger charge is 2.12. The van der Waals surface area contributed by atoms with E-state index >= 15 is 0 Å². The maximum atomic E-state index is 10.8. The third kappa shape index (κ3) is 6.01. The lowest BCUT2D eigenvalue weighted by Crippen LogP contribution is -2.36. The number of nitrogens with zero attached hydrogens (tertiary/aromatic N) is 3. The van der Waals surface area contributed by atoms with Crippen molar-refractivity contribution in [1.29, 1.82) is 0 Å². The Morgan fingerprint density at radius 3 is 2.27 bits per heavy atom. The second kappa shape index (κ2) is 10.7. The van der Waals surface area contributed by atoms with Gasteiger partial charge in [-0.1, -0.05) is 23.2 Å². The summed E-state index contributed by atoms with van der Waals surface area (Å²) in [5, 5.41) is 11.5. The Morgan fingerprint density at radius 1 is 1.03 bits per heavy atom. The third-order valence-electron chi connectivity index (χ3n) is 5.14. The summed E-state index contributed by atoms with van der Waals surface area (Å²) in [5.41, 5.74) is 3.49. The van der Waals surface area contributed by atoms with Gasteiger partial charge < -0.3 is 14.4 Å². The highest BCUT2D eigenvalue weighted by Crippen LogP contribution is 2.34. The number of benzene rings is 3. The molecule has 170 valence electrons. The van der Waals surface area contributed by atoms with Gasteiger partial charge in [-0.15, -0.1) is 0 Å². The molecule has 0 atom stereocenters. The first-order valence-electron chi connectivity index (χ1n) is 10.3. The van der Waals surface area contributed by atoms with Crippen molar-refractivity contribution in [2.75, 3.05) is 31.2 Å². The molecule has 0 amide bonds. The first-order chi connectivity index (χ1) is 16.0. The molecule has 1 aliphatic rings. The van der Waals surface area contributed by atoms with Crippen LogP contribution in [0, 0.1) is 10.1 Å². The largest absolute Gasteiger partial charge is 0.486 e. The van der Waals surface area contributed by atoms with E-state index in [-0.39, 0.29) is 12.3 Å². The second-order valence-corrected chi connectivity index (χ2v) is 8.21. The molecule has 0 unspecified atom stereocenters. The number of nitro benzene ring substituents is 1. The summed E-state index contributed by atoms with van der Waals surface area (Å²) >= 11 is 12.8. The number of ether oxygens (including phenoxy) is 2. The van der Waals surface area contributed by atoms with Gasteiger partial charge in [-0.25, -0.2) is 0 Å². The molecular formula is C24H21Cl2N3O4. The minimum Gasteiger partial charge on any atom is -0.486 e. The van der Waals surface area contributed by atoms with Crippen LogP contribution in [-0.4, -0.2) is 37.4 Å². The molecule has 3 aromatic carbocycles. The number of anilines is 1. The van der Waals surface area contributed by atoms with Crippen LogP contribution >= 0.6 is 23.2 Å². The lowest BCUT2D eigenvalue weighted by Gasteiger charge is -2.28. The van der Waals surface area contributed by atoms with Crippen molar-refractivity contribution < 1.29 is 14.4 Å². The Bertz CT molecular complexity index is 1120. The molecule has 1 fully saturated rings. The van der Waals surface area contributed by atoms with Crippen molar-refractivity contribution in [3.63, 3.8) is 0 Å². The molecule has 0 N–H and O–H groups in total. The molecule has 1 heterocycles. The second-order valence-electron chi connectivity index (χ2n) is 7.40. The maximum absolute atomic E-state index is 10.8. The fraction of sp³-hybridized carbons (Fsp3) is 0.208. The lowest BCUT2D eigenvalue weighted by molar-refractivity contribution is -0.384. The van der Waals surface area contributed by atoms with E-state index in [1.165, 1.54) is 12.1 Å². The number of nitro groups is 1. The molecule has 0 radical (unpaired) electrons. The van der Waals surface area contributed by atoms with Gasteiger partial charge in [0.2, 0.25) is 0 Å². The van der Waals surface area contributed by atoms with Crippen molar-refractivity contribution in [2.45, 2.75) is 6.61 Å². The molecule has 33 heavy (non-hydrogen) atoms. The van der Waals surface area contributed by atoms with Crippen LogP contribution in [0.5, 0.6) is 5.75 Å². The highest BCUT2D eigenvalue weighted by atomic mass is 35.5. The first-order valence-corrected chi connectivity index (χ1v) is 11.1. The number of hydrogen-bond donors (Lipinski definition) is 0. The van der Waals surface area contributed by atoms with E-state index in [2.05, 4.69) is 9.89 Å². The van der Waals surface area contributed by atoms with Crippen molar-refractivity contribution in [2.24, 2.45) is 4.99 Å². The van der Waals surface area contributed by atoms with Crippen molar-refractivity contribution in [3.05, 3.63) is 92.0 Å². The fourth-order valence-electron chi connectivity index (χ4n) is 3.38. The van der Waals surface area contributed by atoms with E-state index in [1.54, 1.807) is 30.5 Å². The van der Waals surface area contributed by atoms with E-state index in [9.17, 15) is 10.1 Å². The van der Waals surface area contributed by atoms with Gasteiger partial charge in [-0.3, -0.25) is 15.1 Å². The van der Waals surface area contributed by atoms with Crippen LogP contribution in [-0.2, 0) is 11.3 Å². The predicted octanol–water partition coefficient (Wildman–Crippen LogP) is 6.07. The molecule has 1 saturated heterocycles. The standard InChI is InChI=1S/C24H21Cl2N3O4/c25-22-13-18(15-27-19-3-7-20(8-4-19)28-9-11-32-12-10-28)14-23(26)24(22)33-16-17-1-5-21(6-2-17)29(30)31/h1-8,13-15H,9-12,16H2. The number of halogens is 2. The maximum Gasteiger partial charge on any atom is 0.269 e. The first kappa shape index (κ1) is 23.0. The summed E-state index contributed by atoms with van der Waals surface area (Å²) in [7, 11) is 0. The van der Waals surface area contributed by atoms with Crippen LogP contribution in [0.4, 0.5) is 17.1 Å². The van der Waals surface area contributed by atoms with Gasteiger partial charge in [-0.05, 0) is 59.7 Å². The number of non-ortho nitro benzene ring substituents is 1. The summed E-state index contributed by atoms with van der Waals surface area (Å²) in [4.78, 5) is 17.1. The summed E-state index contributed by atoms with van der Waals surface area (Å²) in [6.45, 7) is 3.45. The van der Waals surface area contributed by atoms with Gasteiger partial charge in [0.15, 0.2) is 5.75 Å². The van der Waals surface area contributed by atoms with Crippen LogP contribution in [0.1, 0.15) is 11.1 Å². The number of morpholine rings is 1. The van der Waals surface area contributed by atoms with E-state index in [4.69, 9.17) is 32.7 Å².